The van der Waals surface area contributed by atoms with Gasteiger partial charge in [-0.3, -0.25) is 14.5 Å². The molecule has 0 aliphatic carbocycles. The fourth-order valence-electron chi connectivity index (χ4n) is 2.30. The van der Waals surface area contributed by atoms with E-state index >= 15 is 0 Å². The van der Waals surface area contributed by atoms with E-state index in [1.165, 1.54) is 9.58 Å². The highest BCUT2D eigenvalue weighted by Crippen LogP contribution is 2.19. The number of nitrogens with zero attached hydrogens (tertiary/aromatic N) is 4. The number of ether oxygens (including phenoxy) is 1. The normalized spacial score (nSPS) is 14.1. The number of hydrogen-bond donors (Lipinski definition) is 1. The molecule has 0 radical (unpaired) electrons. The Bertz CT molecular complexity index is 780. The Morgan fingerprint density at radius 2 is 2.08 bits per heavy atom. The van der Waals surface area contributed by atoms with Crippen LogP contribution in [0.3, 0.4) is 0 Å². The number of nitrogen functional groups attached to an aromatic ring is 1. The minimum absolute atomic E-state index is 0.0825. The van der Waals surface area contributed by atoms with Gasteiger partial charge < -0.3 is 10.6 Å². The molecule has 1 aromatic carbocycles. The zero-order chi connectivity index (χ0) is 17.8. The summed E-state index contributed by atoms with van der Waals surface area (Å²) < 4.78 is 6.85. The molecule has 2 N–H and O–H groups in total. The van der Waals surface area contributed by atoms with Gasteiger partial charge in [-0.2, -0.15) is 0 Å². The molecule has 1 aliphatic rings. The van der Waals surface area contributed by atoms with E-state index in [1.807, 2.05) is 0 Å². The van der Waals surface area contributed by atoms with Gasteiger partial charge >= 0.3 is 0 Å². The summed E-state index contributed by atoms with van der Waals surface area (Å²) in [6, 6.07) is 6.91. The van der Waals surface area contributed by atoms with Gasteiger partial charge in [-0.25, -0.2) is 4.68 Å². The maximum atomic E-state index is 12.0. The lowest BCUT2D eigenvalue weighted by Gasteiger charge is -2.12. The number of benzene rings is 1. The van der Waals surface area contributed by atoms with Gasteiger partial charge in [0, 0.05) is 18.0 Å². The van der Waals surface area contributed by atoms with Crippen LogP contribution in [0.15, 0.2) is 29.4 Å². The van der Waals surface area contributed by atoms with Crippen LogP contribution in [0.1, 0.15) is 18.7 Å². The first-order valence-electron chi connectivity index (χ1n) is 7.58. The third-order valence-corrected chi connectivity index (χ3v) is 4.80. The van der Waals surface area contributed by atoms with Gasteiger partial charge in [0.25, 0.3) is 0 Å². The molecule has 0 saturated carbocycles. The molecule has 0 atom stereocenters. The average molecular weight is 382 g/mol. The largest absolute Gasteiger partial charge is 0.486 e. The monoisotopic (exact) mass is 381 g/mol. The number of imide groups is 1. The molecule has 8 nitrogen and oxygen atoms in total. The van der Waals surface area contributed by atoms with Crippen molar-refractivity contribution in [2.75, 3.05) is 18.1 Å². The lowest BCUT2D eigenvalue weighted by Crippen LogP contribution is -2.33. The first-order chi connectivity index (χ1) is 12.0. The highest BCUT2D eigenvalue weighted by molar-refractivity contribution is 7.99. The average Bonchev–Trinajstić information content (AvgIpc) is 3.18. The third-order valence-electron chi connectivity index (χ3n) is 3.62. The van der Waals surface area contributed by atoms with Crippen molar-refractivity contribution in [3.8, 4) is 5.75 Å². The van der Waals surface area contributed by atoms with Crippen LogP contribution in [-0.2, 0) is 16.2 Å². The number of rotatable bonds is 6. The fourth-order valence-corrected chi connectivity index (χ4v) is 3.18. The van der Waals surface area contributed by atoms with Crippen molar-refractivity contribution in [2.24, 2.45) is 0 Å². The maximum Gasteiger partial charge on any atom is 0.239 e. The zero-order valence-corrected chi connectivity index (χ0v) is 14.8. The van der Waals surface area contributed by atoms with Gasteiger partial charge in [-0.15, -0.1) is 10.2 Å². The SMILES string of the molecule is Nn1c(COc2ccc(Cl)cc2)nnc1SCC(=O)N1CCCC1=O. The molecule has 1 saturated heterocycles. The standard InChI is InChI=1S/C15H16ClN5O3S/c16-10-3-5-11(6-4-10)24-8-12-18-19-15(21(12)17)25-9-14(23)20-7-1-2-13(20)22/h3-6H,1-2,7-9,17H2. The summed E-state index contributed by atoms with van der Waals surface area (Å²) in [5.74, 6) is 6.70. The van der Waals surface area contributed by atoms with Crippen molar-refractivity contribution in [3.63, 3.8) is 0 Å². The highest BCUT2D eigenvalue weighted by atomic mass is 35.5. The second kappa shape index (κ2) is 7.75. The Labute approximate surface area is 153 Å². The lowest BCUT2D eigenvalue weighted by atomic mass is 10.3. The molecule has 10 heteroatoms. The number of carbonyl (C=O) groups is 2. The summed E-state index contributed by atoms with van der Waals surface area (Å²) >= 11 is 6.95. The van der Waals surface area contributed by atoms with Crippen molar-refractivity contribution in [3.05, 3.63) is 35.1 Å². The predicted molar refractivity (Wildman–Crippen MR) is 92.6 cm³/mol. The highest BCUT2D eigenvalue weighted by Gasteiger charge is 2.26. The van der Waals surface area contributed by atoms with Crippen molar-refractivity contribution >= 4 is 35.2 Å². The summed E-state index contributed by atoms with van der Waals surface area (Å²) in [4.78, 5) is 24.9. The van der Waals surface area contributed by atoms with Crippen LogP contribution >= 0.6 is 23.4 Å². The Morgan fingerprint density at radius 1 is 1.32 bits per heavy atom. The summed E-state index contributed by atoms with van der Waals surface area (Å²) in [6.07, 6.45) is 1.14. The number of aromatic nitrogens is 3. The van der Waals surface area contributed by atoms with E-state index in [4.69, 9.17) is 22.2 Å². The number of amides is 2. The summed E-state index contributed by atoms with van der Waals surface area (Å²) in [5, 5.41) is 8.92. The fraction of sp³-hybridized carbons (Fsp3) is 0.333. The minimum atomic E-state index is -0.241. The molecule has 1 aromatic heterocycles. The molecule has 132 valence electrons. The summed E-state index contributed by atoms with van der Waals surface area (Å²) in [6.45, 7) is 0.609. The number of halogens is 1. The lowest BCUT2D eigenvalue weighted by molar-refractivity contribution is -0.140. The summed E-state index contributed by atoms with van der Waals surface area (Å²) in [7, 11) is 0. The molecular formula is C15H16ClN5O3S. The number of thioether (sulfide) groups is 1. The topological polar surface area (TPSA) is 103 Å². The first kappa shape index (κ1) is 17.6. The van der Waals surface area contributed by atoms with Gasteiger partial charge in [-0.05, 0) is 30.7 Å². The van der Waals surface area contributed by atoms with Crippen molar-refractivity contribution < 1.29 is 14.3 Å². The maximum absolute atomic E-state index is 12.0. The smallest absolute Gasteiger partial charge is 0.239 e. The first-order valence-corrected chi connectivity index (χ1v) is 8.94. The van der Waals surface area contributed by atoms with Crippen molar-refractivity contribution in [1.29, 1.82) is 0 Å². The molecule has 3 rings (SSSR count). The van der Waals surface area contributed by atoms with Gasteiger partial charge in [0.15, 0.2) is 5.82 Å². The van der Waals surface area contributed by atoms with Gasteiger partial charge in [0.1, 0.15) is 12.4 Å². The van der Waals surface area contributed by atoms with Crippen LogP contribution < -0.4 is 10.6 Å². The Morgan fingerprint density at radius 3 is 2.76 bits per heavy atom. The Balaban J connectivity index is 1.54. The second-order valence-corrected chi connectivity index (χ2v) is 6.72. The van der Waals surface area contributed by atoms with Crippen LogP contribution in [0.4, 0.5) is 0 Å². The van der Waals surface area contributed by atoms with E-state index in [9.17, 15) is 9.59 Å². The predicted octanol–water partition coefficient (Wildman–Crippen LogP) is 1.47. The van der Waals surface area contributed by atoms with E-state index in [-0.39, 0.29) is 24.2 Å². The van der Waals surface area contributed by atoms with E-state index in [2.05, 4.69) is 10.2 Å². The summed E-state index contributed by atoms with van der Waals surface area (Å²) in [5.41, 5.74) is 0. The van der Waals surface area contributed by atoms with Gasteiger partial charge in [0.05, 0.1) is 5.75 Å². The van der Waals surface area contributed by atoms with E-state index in [0.29, 0.717) is 41.1 Å². The molecule has 0 spiro atoms. The molecule has 1 aliphatic heterocycles. The second-order valence-electron chi connectivity index (χ2n) is 5.34. The zero-order valence-electron chi connectivity index (χ0n) is 13.2. The van der Waals surface area contributed by atoms with Crippen LogP contribution in [0, 0.1) is 0 Å². The number of carbonyl (C=O) groups excluding carboxylic acids is 2. The molecule has 0 bridgehead atoms. The van der Waals surface area contributed by atoms with Crippen LogP contribution in [0.2, 0.25) is 5.02 Å². The van der Waals surface area contributed by atoms with Crippen LogP contribution in [0.25, 0.3) is 0 Å². The number of likely N-dealkylation sites (tertiary alicyclic amines) is 1. The Hall–Kier alpha value is -2.26. The Kier molecular flexibility index (Phi) is 5.44. The van der Waals surface area contributed by atoms with Crippen LogP contribution in [-0.4, -0.2) is 43.9 Å². The molecule has 2 aromatic rings. The van der Waals surface area contributed by atoms with Gasteiger partial charge in [-0.1, -0.05) is 23.4 Å². The molecule has 0 unspecified atom stereocenters. The molecular weight excluding hydrogens is 366 g/mol. The minimum Gasteiger partial charge on any atom is -0.486 e. The van der Waals surface area contributed by atoms with Crippen molar-refractivity contribution in [2.45, 2.75) is 24.6 Å². The van der Waals surface area contributed by atoms with Gasteiger partial charge in [0.2, 0.25) is 17.0 Å². The quantitative estimate of drug-likeness (QED) is 0.596. The number of nitrogens with two attached hydrogens (primary N) is 1. The third kappa shape index (κ3) is 4.23. The van der Waals surface area contributed by atoms with Crippen LogP contribution in [0.5, 0.6) is 5.75 Å². The molecule has 2 heterocycles. The molecule has 25 heavy (non-hydrogen) atoms. The molecule has 1 fully saturated rings. The van der Waals surface area contributed by atoms with Crippen molar-refractivity contribution in [1.82, 2.24) is 19.8 Å². The van der Waals surface area contributed by atoms with E-state index in [1.54, 1.807) is 24.3 Å². The van der Waals surface area contributed by atoms with E-state index < -0.39 is 0 Å². The van der Waals surface area contributed by atoms with E-state index in [0.717, 1.165) is 11.8 Å². The molecule has 2 amide bonds. The number of hydrogen-bond acceptors (Lipinski definition) is 7.